The minimum atomic E-state index is -4.44. The Morgan fingerprint density at radius 3 is 2.21 bits per heavy atom. The van der Waals surface area contributed by atoms with E-state index in [1.165, 1.54) is 30.3 Å². The van der Waals surface area contributed by atoms with E-state index in [0.717, 1.165) is 12.3 Å². The van der Waals surface area contributed by atoms with E-state index in [4.69, 9.17) is 16.3 Å². The van der Waals surface area contributed by atoms with Crippen LogP contribution in [0.15, 0.2) is 47.5 Å². The number of pyridine rings is 1. The molecule has 1 aromatic carbocycles. The van der Waals surface area contributed by atoms with Gasteiger partial charge in [-0.15, -0.1) is 0 Å². The second-order valence-electron chi connectivity index (χ2n) is 6.55. The number of halogens is 4. The summed E-state index contributed by atoms with van der Waals surface area (Å²) in [6, 6.07) is 7.79. The van der Waals surface area contributed by atoms with Gasteiger partial charge in [-0.2, -0.15) is 13.2 Å². The highest BCUT2D eigenvalue weighted by Crippen LogP contribution is 2.30. The Kier molecular flexibility index (Phi) is 6.16. The Hall–Kier alpha value is -1.84. The highest BCUT2D eigenvalue weighted by Gasteiger charge is 2.31. The fourth-order valence-electron chi connectivity index (χ4n) is 2.99. The summed E-state index contributed by atoms with van der Waals surface area (Å²) in [4.78, 5) is 3.84. The lowest BCUT2D eigenvalue weighted by Gasteiger charge is -2.29. The topological polar surface area (TPSA) is 68.3 Å². The van der Waals surface area contributed by atoms with Gasteiger partial charge in [0.1, 0.15) is 6.10 Å². The lowest BCUT2D eigenvalue weighted by atomic mass is 9.94. The zero-order chi connectivity index (χ0) is 20.4. The first-order valence-electron chi connectivity index (χ1n) is 8.61. The Balaban J connectivity index is 1.52. The SMILES string of the molecule is O=S(=O)(NC1CCC(Oc2ccc(C(F)(F)F)cn2)CC1)c1ccc(Cl)cc1. The molecule has 1 aromatic heterocycles. The van der Waals surface area contributed by atoms with Crippen LogP contribution in [-0.2, 0) is 16.2 Å². The van der Waals surface area contributed by atoms with Gasteiger partial charge in [-0.25, -0.2) is 18.1 Å². The van der Waals surface area contributed by atoms with E-state index >= 15 is 0 Å². The number of alkyl halides is 3. The quantitative estimate of drug-likeness (QED) is 0.756. The number of benzene rings is 1. The highest BCUT2D eigenvalue weighted by atomic mass is 35.5. The number of ether oxygens (including phenoxy) is 1. The maximum atomic E-state index is 12.6. The van der Waals surface area contributed by atoms with Gasteiger partial charge in [-0.1, -0.05) is 11.6 Å². The molecule has 3 rings (SSSR count). The van der Waals surface area contributed by atoms with Crippen molar-refractivity contribution in [3.05, 3.63) is 53.2 Å². The number of aromatic nitrogens is 1. The summed E-state index contributed by atoms with van der Waals surface area (Å²) in [5.41, 5.74) is -0.833. The molecule has 0 aliphatic heterocycles. The predicted molar refractivity (Wildman–Crippen MR) is 97.7 cm³/mol. The predicted octanol–water partition coefficient (Wildman–Crippen LogP) is 4.42. The highest BCUT2D eigenvalue weighted by molar-refractivity contribution is 7.89. The lowest BCUT2D eigenvalue weighted by molar-refractivity contribution is -0.137. The Labute approximate surface area is 165 Å². The second-order valence-corrected chi connectivity index (χ2v) is 8.70. The van der Waals surface area contributed by atoms with Crippen LogP contribution in [0.3, 0.4) is 0 Å². The van der Waals surface area contributed by atoms with Crippen LogP contribution in [-0.4, -0.2) is 25.5 Å². The third-order valence-electron chi connectivity index (χ3n) is 4.47. The molecular formula is C18H18ClF3N2O3S. The van der Waals surface area contributed by atoms with E-state index < -0.39 is 21.8 Å². The zero-order valence-electron chi connectivity index (χ0n) is 14.6. The van der Waals surface area contributed by atoms with Gasteiger partial charge < -0.3 is 4.74 Å². The summed E-state index contributed by atoms with van der Waals surface area (Å²) in [6.07, 6.45) is -1.68. The number of hydrogen-bond donors (Lipinski definition) is 1. The van der Waals surface area contributed by atoms with Crippen molar-refractivity contribution in [2.45, 2.75) is 48.9 Å². The largest absolute Gasteiger partial charge is 0.474 e. The average molecular weight is 435 g/mol. The Morgan fingerprint density at radius 1 is 1.04 bits per heavy atom. The van der Waals surface area contributed by atoms with E-state index in [9.17, 15) is 21.6 Å². The first-order valence-corrected chi connectivity index (χ1v) is 10.5. The van der Waals surface area contributed by atoms with Crippen molar-refractivity contribution in [1.29, 1.82) is 0 Å². The van der Waals surface area contributed by atoms with Crippen LogP contribution in [0.1, 0.15) is 31.2 Å². The molecule has 1 saturated carbocycles. The van der Waals surface area contributed by atoms with Crippen LogP contribution in [0.2, 0.25) is 5.02 Å². The third-order valence-corrected chi connectivity index (χ3v) is 6.26. The number of hydrogen-bond acceptors (Lipinski definition) is 4. The lowest BCUT2D eigenvalue weighted by Crippen LogP contribution is -2.39. The van der Waals surface area contributed by atoms with Gasteiger partial charge in [0, 0.05) is 23.3 Å². The molecule has 1 aliphatic carbocycles. The van der Waals surface area contributed by atoms with E-state index in [-0.39, 0.29) is 22.9 Å². The summed E-state index contributed by atoms with van der Waals surface area (Å²) >= 11 is 5.78. The van der Waals surface area contributed by atoms with Crippen molar-refractivity contribution >= 4 is 21.6 Å². The van der Waals surface area contributed by atoms with Crippen molar-refractivity contribution in [2.75, 3.05) is 0 Å². The molecule has 0 amide bonds. The van der Waals surface area contributed by atoms with E-state index in [2.05, 4.69) is 9.71 Å². The third kappa shape index (κ3) is 5.36. The summed E-state index contributed by atoms with van der Waals surface area (Å²) in [6.45, 7) is 0. The van der Waals surface area contributed by atoms with E-state index in [1.54, 1.807) is 0 Å². The molecule has 152 valence electrons. The molecule has 1 aliphatic rings. The number of rotatable bonds is 5. The van der Waals surface area contributed by atoms with E-state index in [1.807, 2.05) is 0 Å². The van der Waals surface area contributed by atoms with Crippen LogP contribution < -0.4 is 9.46 Å². The molecule has 0 saturated heterocycles. The fourth-order valence-corrected chi connectivity index (χ4v) is 4.42. The number of nitrogens with one attached hydrogen (secondary N) is 1. The van der Waals surface area contributed by atoms with Crippen molar-refractivity contribution in [3.8, 4) is 5.88 Å². The van der Waals surface area contributed by atoms with Crippen molar-refractivity contribution in [2.24, 2.45) is 0 Å². The average Bonchev–Trinajstić information content (AvgIpc) is 2.63. The van der Waals surface area contributed by atoms with Gasteiger partial charge in [-0.3, -0.25) is 0 Å². The van der Waals surface area contributed by atoms with Crippen LogP contribution in [0.5, 0.6) is 5.88 Å². The minimum Gasteiger partial charge on any atom is -0.474 e. The van der Waals surface area contributed by atoms with Crippen LogP contribution in [0.25, 0.3) is 0 Å². The van der Waals surface area contributed by atoms with Gasteiger partial charge in [0.15, 0.2) is 0 Å². The maximum Gasteiger partial charge on any atom is 0.417 e. The van der Waals surface area contributed by atoms with Gasteiger partial charge in [0.2, 0.25) is 15.9 Å². The second kappa shape index (κ2) is 8.26. The molecule has 0 unspecified atom stereocenters. The van der Waals surface area contributed by atoms with Gasteiger partial charge in [-0.05, 0) is 56.0 Å². The molecule has 1 heterocycles. The van der Waals surface area contributed by atoms with Gasteiger partial charge in [0.25, 0.3) is 0 Å². The standard InChI is InChI=1S/C18H18ClF3N2O3S/c19-13-2-8-16(9-3-13)28(25,26)24-14-4-6-15(7-5-14)27-17-10-1-12(11-23-17)18(20,21)22/h1-3,8-11,14-15,24H,4-7H2. The maximum absolute atomic E-state index is 12.6. The first-order chi connectivity index (χ1) is 13.1. The van der Waals surface area contributed by atoms with Crippen LogP contribution >= 0.6 is 11.6 Å². The smallest absolute Gasteiger partial charge is 0.417 e. The minimum absolute atomic E-state index is 0.123. The monoisotopic (exact) mass is 434 g/mol. The first kappa shape index (κ1) is 20.9. The molecule has 0 spiro atoms. The van der Waals surface area contributed by atoms with Crippen LogP contribution in [0.4, 0.5) is 13.2 Å². The molecule has 0 atom stereocenters. The summed E-state index contributed by atoms with van der Waals surface area (Å²) in [5.74, 6) is 0.123. The van der Waals surface area contributed by atoms with Crippen LogP contribution in [0, 0.1) is 0 Å². The molecule has 5 nitrogen and oxygen atoms in total. The Morgan fingerprint density at radius 2 is 1.68 bits per heavy atom. The fraction of sp³-hybridized carbons (Fsp3) is 0.389. The van der Waals surface area contributed by atoms with Crippen molar-refractivity contribution < 1.29 is 26.3 Å². The summed E-state index contributed by atoms with van der Waals surface area (Å²) in [5, 5.41) is 0.452. The Bertz CT molecular complexity index is 895. The molecule has 0 radical (unpaired) electrons. The van der Waals surface area contributed by atoms with Gasteiger partial charge in [0.05, 0.1) is 10.5 Å². The molecule has 28 heavy (non-hydrogen) atoms. The van der Waals surface area contributed by atoms with E-state index in [0.29, 0.717) is 30.7 Å². The van der Waals surface area contributed by atoms with Crippen molar-refractivity contribution in [1.82, 2.24) is 9.71 Å². The summed E-state index contributed by atoms with van der Waals surface area (Å²) in [7, 11) is -3.64. The molecule has 1 N–H and O–H groups in total. The number of nitrogens with zero attached hydrogens (tertiary/aromatic N) is 1. The zero-order valence-corrected chi connectivity index (χ0v) is 16.2. The molecular weight excluding hydrogens is 417 g/mol. The molecule has 2 aromatic rings. The van der Waals surface area contributed by atoms with Crippen molar-refractivity contribution in [3.63, 3.8) is 0 Å². The normalized spacial score (nSPS) is 20.7. The molecule has 10 heteroatoms. The number of sulfonamides is 1. The molecule has 1 fully saturated rings. The summed E-state index contributed by atoms with van der Waals surface area (Å²) < 4.78 is 70.8. The molecule has 0 bridgehead atoms. The van der Waals surface area contributed by atoms with Gasteiger partial charge >= 0.3 is 6.18 Å².